The van der Waals surface area contributed by atoms with E-state index in [0.29, 0.717) is 32.8 Å². The van der Waals surface area contributed by atoms with E-state index < -0.39 is 0 Å². The number of rotatable bonds is 9. The summed E-state index contributed by atoms with van der Waals surface area (Å²) in [5.74, 6) is -0.284. The minimum atomic E-state index is -0.177. The fourth-order valence-corrected chi connectivity index (χ4v) is 1.13. The Morgan fingerprint density at radius 1 is 1.29 bits per heavy atom. The van der Waals surface area contributed by atoms with Gasteiger partial charge in [-0.3, -0.25) is 9.59 Å². The highest BCUT2D eigenvalue weighted by atomic mass is 16.5. The maximum Gasteiger partial charge on any atom is 0.224 e. The van der Waals surface area contributed by atoms with Gasteiger partial charge in [0.25, 0.3) is 0 Å². The molecule has 0 aliphatic carbocycles. The van der Waals surface area contributed by atoms with E-state index in [9.17, 15) is 9.59 Å². The Morgan fingerprint density at radius 3 is 2.59 bits per heavy atom. The van der Waals surface area contributed by atoms with Crippen LogP contribution in [0.1, 0.15) is 13.3 Å². The zero-order valence-corrected chi connectivity index (χ0v) is 10.7. The van der Waals surface area contributed by atoms with Gasteiger partial charge in [-0.15, -0.1) is 0 Å². The molecule has 0 aliphatic heterocycles. The molecule has 0 spiro atoms. The fraction of sp³-hybridized carbons (Fsp3) is 0.818. The van der Waals surface area contributed by atoms with Crippen LogP contribution in [0.15, 0.2) is 0 Å². The molecule has 1 unspecified atom stereocenters. The Balaban J connectivity index is 3.40. The lowest BCUT2D eigenvalue weighted by Gasteiger charge is -2.10. The summed E-state index contributed by atoms with van der Waals surface area (Å²) in [5, 5.41) is 5.23. The van der Waals surface area contributed by atoms with Gasteiger partial charge in [0, 0.05) is 27.1 Å². The predicted molar refractivity (Wildman–Crippen MR) is 63.6 cm³/mol. The van der Waals surface area contributed by atoms with Gasteiger partial charge in [0.1, 0.15) is 0 Å². The first kappa shape index (κ1) is 15.9. The molecule has 0 saturated heterocycles. The smallest absolute Gasteiger partial charge is 0.224 e. The lowest BCUT2D eigenvalue weighted by atomic mass is 10.2. The van der Waals surface area contributed by atoms with Crippen LogP contribution >= 0.6 is 0 Å². The van der Waals surface area contributed by atoms with E-state index in [-0.39, 0.29) is 17.7 Å². The van der Waals surface area contributed by atoms with Crippen LogP contribution < -0.4 is 10.6 Å². The lowest BCUT2D eigenvalue weighted by molar-refractivity contribution is -0.126. The normalized spacial score (nSPS) is 11.9. The number of hydrogen-bond donors (Lipinski definition) is 2. The number of hydrogen-bond acceptors (Lipinski definition) is 4. The van der Waals surface area contributed by atoms with E-state index in [4.69, 9.17) is 9.47 Å². The van der Waals surface area contributed by atoms with E-state index >= 15 is 0 Å². The molecule has 1 atom stereocenters. The SMILES string of the molecule is CNC(=O)C(C)COCCNC(=O)CCOC. The average Bonchev–Trinajstić information content (AvgIpc) is 2.34. The van der Waals surface area contributed by atoms with Gasteiger partial charge in [-0.1, -0.05) is 6.92 Å². The van der Waals surface area contributed by atoms with E-state index in [2.05, 4.69) is 10.6 Å². The molecule has 0 heterocycles. The number of nitrogens with one attached hydrogen (secondary N) is 2. The first-order valence-corrected chi connectivity index (χ1v) is 5.66. The number of amides is 2. The molecular formula is C11H22N2O4. The minimum Gasteiger partial charge on any atom is -0.384 e. The van der Waals surface area contributed by atoms with E-state index in [1.165, 1.54) is 0 Å². The van der Waals surface area contributed by atoms with Crippen LogP contribution in [0, 0.1) is 5.92 Å². The molecule has 6 heteroatoms. The molecule has 17 heavy (non-hydrogen) atoms. The molecule has 0 aromatic heterocycles. The van der Waals surface area contributed by atoms with Crippen molar-refractivity contribution < 1.29 is 19.1 Å². The molecular weight excluding hydrogens is 224 g/mol. The Morgan fingerprint density at radius 2 is 2.00 bits per heavy atom. The van der Waals surface area contributed by atoms with Crippen molar-refractivity contribution in [3.8, 4) is 0 Å². The summed E-state index contributed by atoms with van der Waals surface area (Å²) < 4.78 is 10.0. The highest BCUT2D eigenvalue weighted by Gasteiger charge is 2.10. The number of ether oxygens (including phenoxy) is 2. The van der Waals surface area contributed by atoms with Crippen molar-refractivity contribution in [2.24, 2.45) is 5.92 Å². The molecule has 0 radical (unpaired) electrons. The van der Waals surface area contributed by atoms with E-state index in [1.807, 2.05) is 0 Å². The summed E-state index contributed by atoms with van der Waals surface area (Å²) in [6.45, 7) is 3.41. The topological polar surface area (TPSA) is 76.7 Å². The summed E-state index contributed by atoms with van der Waals surface area (Å²) in [6, 6.07) is 0. The quantitative estimate of drug-likeness (QED) is 0.540. The third-order valence-electron chi connectivity index (χ3n) is 2.16. The van der Waals surface area contributed by atoms with Gasteiger partial charge in [0.2, 0.25) is 11.8 Å². The van der Waals surface area contributed by atoms with Crippen molar-refractivity contribution in [3.63, 3.8) is 0 Å². The van der Waals surface area contributed by atoms with E-state index in [1.54, 1.807) is 21.1 Å². The molecule has 0 bridgehead atoms. The van der Waals surface area contributed by atoms with Gasteiger partial charge in [-0.25, -0.2) is 0 Å². The molecule has 0 saturated carbocycles. The van der Waals surface area contributed by atoms with Crippen molar-refractivity contribution >= 4 is 11.8 Å². The van der Waals surface area contributed by atoms with Gasteiger partial charge in [-0.05, 0) is 0 Å². The fourth-order valence-electron chi connectivity index (χ4n) is 1.13. The molecule has 0 fully saturated rings. The Hall–Kier alpha value is -1.14. The Labute approximate surface area is 102 Å². The van der Waals surface area contributed by atoms with Crippen LogP contribution in [0.5, 0.6) is 0 Å². The number of methoxy groups -OCH3 is 1. The largest absolute Gasteiger partial charge is 0.384 e. The van der Waals surface area contributed by atoms with Crippen LogP contribution in [-0.2, 0) is 19.1 Å². The summed E-state index contributed by atoms with van der Waals surface area (Å²) >= 11 is 0. The second-order valence-electron chi connectivity index (χ2n) is 3.68. The van der Waals surface area contributed by atoms with Crippen molar-refractivity contribution in [3.05, 3.63) is 0 Å². The average molecular weight is 246 g/mol. The molecule has 0 aromatic carbocycles. The summed E-state index contributed by atoms with van der Waals surface area (Å²) in [6.07, 6.45) is 0.352. The van der Waals surface area contributed by atoms with Crippen LogP contribution in [0.2, 0.25) is 0 Å². The molecule has 0 aromatic rings. The number of carbonyl (C=O) groups excluding carboxylic acids is 2. The summed E-state index contributed by atoms with van der Waals surface area (Å²) in [4.78, 5) is 22.3. The second kappa shape index (κ2) is 10.0. The molecule has 6 nitrogen and oxygen atoms in total. The highest BCUT2D eigenvalue weighted by Crippen LogP contribution is 1.94. The summed E-state index contributed by atoms with van der Waals surface area (Å²) in [5.41, 5.74) is 0. The standard InChI is InChI=1S/C11H22N2O4/c1-9(11(15)12-2)8-17-7-5-13-10(14)4-6-16-3/h9H,4-8H2,1-3H3,(H,12,15)(H,13,14). The second-order valence-corrected chi connectivity index (χ2v) is 3.68. The molecule has 2 N–H and O–H groups in total. The van der Waals surface area contributed by atoms with Crippen LogP contribution in [-0.4, -0.2) is 52.3 Å². The molecule has 100 valence electrons. The molecule has 2 amide bonds. The third-order valence-corrected chi connectivity index (χ3v) is 2.16. The van der Waals surface area contributed by atoms with Crippen LogP contribution in [0.3, 0.4) is 0 Å². The third kappa shape index (κ3) is 8.65. The monoisotopic (exact) mass is 246 g/mol. The van der Waals surface area contributed by atoms with Gasteiger partial charge in [-0.2, -0.15) is 0 Å². The van der Waals surface area contributed by atoms with Crippen molar-refractivity contribution in [2.45, 2.75) is 13.3 Å². The van der Waals surface area contributed by atoms with Gasteiger partial charge >= 0.3 is 0 Å². The van der Waals surface area contributed by atoms with Gasteiger partial charge in [0.15, 0.2) is 0 Å². The van der Waals surface area contributed by atoms with Crippen molar-refractivity contribution in [1.29, 1.82) is 0 Å². The van der Waals surface area contributed by atoms with Gasteiger partial charge in [0.05, 0.1) is 25.7 Å². The number of carbonyl (C=O) groups is 2. The first-order valence-electron chi connectivity index (χ1n) is 5.66. The first-order chi connectivity index (χ1) is 8.11. The molecule has 0 rings (SSSR count). The Bertz CT molecular complexity index is 234. The maximum absolute atomic E-state index is 11.1. The van der Waals surface area contributed by atoms with Crippen molar-refractivity contribution in [1.82, 2.24) is 10.6 Å². The van der Waals surface area contributed by atoms with Gasteiger partial charge < -0.3 is 20.1 Å². The minimum absolute atomic E-state index is 0.0471. The Kier molecular flexibility index (Phi) is 9.37. The lowest BCUT2D eigenvalue weighted by Crippen LogP contribution is -2.31. The van der Waals surface area contributed by atoms with Crippen LogP contribution in [0.25, 0.3) is 0 Å². The predicted octanol–water partition coefficient (Wildman–Crippen LogP) is -0.462. The highest BCUT2D eigenvalue weighted by molar-refractivity contribution is 5.78. The zero-order chi connectivity index (χ0) is 13.1. The summed E-state index contributed by atoms with van der Waals surface area (Å²) in [7, 11) is 3.14. The molecule has 0 aliphatic rings. The van der Waals surface area contributed by atoms with E-state index in [0.717, 1.165) is 0 Å². The maximum atomic E-state index is 11.1. The van der Waals surface area contributed by atoms with Crippen molar-refractivity contribution in [2.75, 3.05) is 40.5 Å². The van der Waals surface area contributed by atoms with Crippen LogP contribution in [0.4, 0.5) is 0 Å². The zero-order valence-electron chi connectivity index (χ0n) is 10.7.